The van der Waals surface area contributed by atoms with Gasteiger partial charge in [-0.25, -0.2) is 30.7 Å². The second-order valence-corrected chi connectivity index (χ2v) is 33.7. The van der Waals surface area contributed by atoms with Gasteiger partial charge in [0.15, 0.2) is 23.2 Å². The molecule has 0 saturated carbocycles. The van der Waals surface area contributed by atoms with Gasteiger partial charge in [-0.05, 0) is 250 Å². The third-order valence-electron chi connectivity index (χ3n) is 17.7. The minimum absolute atomic E-state index is 0. The number of hydrogen-bond donors (Lipinski definition) is 8. The summed E-state index contributed by atoms with van der Waals surface area (Å²) < 4.78 is 97.7. The molecular weight excluding hydrogens is 1770 g/mol. The van der Waals surface area contributed by atoms with E-state index in [1.807, 2.05) is 85.3 Å². The Bertz CT molecular complexity index is 5050. The van der Waals surface area contributed by atoms with E-state index < -0.39 is 68.0 Å². The van der Waals surface area contributed by atoms with E-state index in [1.54, 1.807) is 34.6 Å². The van der Waals surface area contributed by atoms with Gasteiger partial charge < -0.3 is 43.6 Å². The lowest BCUT2D eigenvalue weighted by Gasteiger charge is -2.36. The van der Waals surface area contributed by atoms with Gasteiger partial charge in [0.2, 0.25) is 0 Å². The summed E-state index contributed by atoms with van der Waals surface area (Å²) in [6, 6.07) is 10.3. The number of carbonyl (C=O) groups is 2. The van der Waals surface area contributed by atoms with Crippen molar-refractivity contribution in [2.45, 2.75) is 187 Å². The maximum Gasteiger partial charge on any atom is 0.323 e. The molecule has 2 aromatic heterocycles. The number of nitrogen functional groups attached to an aromatic ring is 2. The Labute approximate surface area is 709 Å². The van der Waals surface area contributed by atoms with Crippen LogP contribution >= 0.6 is 125 Å². The van der Waals surface area contributed by atoms with Gasteiger partial charge in [0, 0.05) is 35.0 Å². The van der Waals surface area contributed by atoms with E-state index in [2.05, 4.69) is 73.5 Å². The SMILES string of the molecule is C.C.CC(C)(N)C(=O)O.Cc1c(Br)c(F)c(Cl)c2c1-n1c(C)nnc1C(C)(C)N2.Cc1cc(F)c(Cl)c(Br)c1N.Cc1cc(F)c(Cl)c2c1-n1c(C)nnc1C(C)(C)N2.Cc1cc(F)c(Cl)c2c1CC(=O)C(C)(C)N2.Cc1cc(F)c(Cl)c2c1CC(=S)C(C)(C)N2.Cc1cc(F)c(Cl)cc1N.Cc1cc(F)c(Cl)cc1[N+](=O)[O-]. The molecule has 0 unspecified atom stereocenters. The molecule has 0 fully saturated rings. The molecule has 6 heterocycles. The summed E-state index contributed by atoms with van der Waals surface area (Å²) in [4.78, 5) is 32.4. The molecule has 0 amide bonds. The fourth-order valence-electron chi connectivity index (χ4n) is 11.2. The number of aromatic nitrogens is 6. The molecule has 13 rings (SSSR count). The van der Waals surface area contributed by atoms with Crippen molar-refractivity contribution in [1.82, 2.24) is 29.5 Å². The number of ketones is 1. The Hall–Kier alpha value is -7.29. The number of nitro benzene ring substituents is 1. The molecule has 7 aromatic carbocycles. The van der Waals surface area contributed by atoms with E-state index in [9.17, 15) is 50.4 Å². The number of nitro groups is 1. The van der Waals surface area contributed by atoms with Gasteiger partial charge in [-0.15, -0.1) is 20.4 Å². The van der Waals surface area contributed by atoms with Crippen LogP contribution in [0, 0.1) is 113 Å². The summed E-state index contributed by atoms with van der Waals surface area (Å²) in [6.45, 7) is 34.2. The molecule has 0 aliphatic carbocycles. The number of carbonyl (C=O) groups excluding carboxylic acids is 1. The molecule has 4 aliphatic rings. The summed E-state index contributed by atoms with van der Waals surface area (Å²) in [5.74, 6) is -1.04. The van der Waals surface area contributed by atoms with Gasteiger partial charge in [0.25, 0.3) is 5.69 Å². The maximum absolute atomic E-state index is 14.2. The van der Waals surface area contributed by atoms with Crippen LogP contribution in [0.1, 0.15) is 157 Å². The number of nitrogens with two attached hydrogens (primary N) is 3. The number of anilines is 6. The van der Waals surface area contributed by atoms with Crippen molar-refractivity contribution in [2.24, 2.45) is 5.73 Å². The highest BCUT2D eigenvalue weighted by Crippen LogP contribution is 2.48. The molecule has 9 aromatic rings. The first kappa shape index (κ1) is 98.1. The van der Waals surface area contributed by atoms with Gasteiger partial charge in [-0.3, -0.25) is 28.8 Å². The van der Waals surface area contributed by atoms with E-state index in [0.29, 0.717) is 67.0 Å². The number of aliphatic carboxylic acids is 1. The highest BCUT2D eigenvalue weighted by Gasteiger charge is 2.40. The van der Waals surface area contributed by atoms with Crippen LogP contribution < -0.4 is 38.5 Å². The summed E-state index contributed by atoms with van der Waals surface area (Å²) in [5.41, 5.74) is 24.6. The average Bonchev–Trinajstić information content (AvgIpc) is 1.63. The van der Waals surface area contributed by atoms with Crippen molar-refractivity contribution in [3.05, 3.63) is 217 Å². The zero-order chi connectivity index (χ0) is 84.6. The zero-order valence-corrected chi connectivity index (χ0v) is 72.7. The quantitative estimate of drug-likeness (QED) is 0.0199. The van der Waals surface area contributed by atoms with Crippen molar-refractivity contribution in [1.29, 1.82) is 0 Å². The number of benzene rings is 7. The molecule has 113 heavy (non-hydrogen) atoms. The van der Waals surface area contributed by atoms with Crippen LogP contribution in [-0.4, -0.2) is 72.8 Å². The minimum atomic E-state index is -1.08. The number of Topliss-reactive ketones (excluding diaryl/α,β-unsaturated/α-hetero) is 1. The molecule has 36 heteroatoms. The number of halogens is 16. The second-order valence-electron chi connectivity index (χ2n) is 28.9. The Morgan fingerprint density at radius 3 is 1.34 bits per heavy atom. The predicted molar refractivity (Wildman–Crippen MR) is 456 cm³/mol. The molecule has 19 nitrogen and oxygen atoms in total. The van der Waals surface area contributed by atoms with Crippen LogP contribution in [0.4, 0.5) is 70.5 Å². The van der Waals surface area contributed by atoms with E-state index in [1.165, 1.54) is 57.2 Å². The average molecular weight is 1860 g/mol. The van der Waals surface area contributed by atoms with E-state index in [4.69, 9.17) is 116 Å². The number of nitrogens with one attached hydrogen (secondary N) is 4. The standard InChI is InChI=1S/C13H13BrClFN4.C13H14ClFN4.C12H13ClFNO.C12H13ClFNS.C7H6BrClFN.C7H5ClFNO2.C7H7ClFN.C4H9NO2.2CH4/c1-5-7(14)9(16)8(15)10-11(5)20-6(2)18-19-12(20)13(3,4)17-10;1-6-5-8(15)9(14)10-11(6)19-7(2)17-18-12(19)13(3,4)16-10;2*1-6-4-8(14)10(13)11-7(6)5-9(16)12(2,3)15-11;1-3-2-4(10)6(9)5(8)7(3)11;1-4-2-6(9)5(8)3-7(4)10(11)12;1-4-2-6(9)5(8)3-7(4)10;1-4(2,5)3(6)7;;/h17H,1-4H3;5,16H,1-4H3;2*4,15H,5H2,1-3H3;2H,11H2,1H3;2-3H,1H3;2-3H,10H2,1H3;5H2,1-2H3,(H,6,7);2*1H4. The molecular formula is C77H88Br2Cl7F7N14O5S. The van der Waals surface area contributed by atoms with Crippen LogP contribution in [0.15, 0.2) is 57.5 Å². The van der Waals surface area contributed by atoms with Crippen LogP contribution in [0.2, 0.25) is 35.2 Å². The van der Waals surface area contributed by atoms with Gasteiger partial charge >= 0.3 is 5.97 Å². The maximum atomic E-state index is 14.2. The highest BCUT2D eigenvalue weighted by molar-refractivity contribution is 9.11. The van der Waals surface area contributed by atoms with E-state index in [-0.39, 0.29) is 78.4 Å². The minimum Gasteiger partial charge on any atom is -0.480 e. The monoisotopic (exact) mass is 1860 g/mol. The first-order valence-electron chi connectivity index (χ1n) is 33.2. The molecule has 614 valence electrons. The number of carboxylic acid groups (broad SMARTS) is 1. The van der Waals surface area contributed by atoms with Gasteiger partial charge in [-0.1, -0.05) is 108 Å². The number of nitrogens with zero attached hydrogens (tertiary/aromatic N) is 7. The summed E-state index contributed by atoms with van der Waals surface area (Å²) in [5, 5.41) is 48.2. The summed E-state index contributed by atoms with van der Waals surface area (Å²) in [6.07, 6.45) is 0.984. The Balaban J connectivity index is 0.000000276. The molecule has 4 aliphatic heterocycles. The van der Waals surface area contributed by atoms with Crippen molar-refractivity contribution >= 4 is 182 Å². The Morgan fingerprint density at radius 2 is 0.894 bits per heavy atom. The molecule has 0 atom stereocenters. The predicted octanol–water partition coefficient (Wildman–Crippen LogP) is 23.7. The molecule has 0 bridgehead atoms. The van der Waals surface area contributed by atoms with Crippen LogP contribution in [-0.2, 0) is 33.5 Å². The number of rotatable bonds is 2. The Morgan fingerprint density at radius 1 is 0.531 bits per heavy atom. The molecule has 0 saturated heterocycles. The topological polar surface area (TPSA) is 285 Å². The molecule has 11 N–H and O–H groups in total. The third-order valence-corrected chi connectivity index (χ3v) is 22.8. The zero-order valence-electron chi connectivity index (χ0n) is 63.4. The number of hydrogen-bond acceptors (Lipinski definition) is 16. The molecule has 0 spiro atoms. The van der Waals surface area contributed by atoms with Gasteiger partial charge in [0.05, 0.1) is 101 Å². The normalized spacial score (nSPS) is 14.1. The van der Waals surface area contributed by atoms with E-state index in [0.717, 1.165) is 85.1 Å². The Kier molecular flexibility index (Phi) is 32.8. The van der Waals surface area contributed by atoms with Crippen LogP contribution in [0.25, 0.3) is 11.4 Å². The summed E-state index contributed by atoms with van der Waals surface area (Å²) in [7, 11) is 0. The fourth-order valence-corrected chi connectivity index (χ4v) is 13.7. The number of aryl methyl sites for hydroxylation is 8. The van der Waals surface area contributed by atoms with Crippen molar-refractivity contribution in [3.63, 3.8) is 0 Å². The molecule has 0 radical (unpaired) electrons. The second kappa shape index (κ2) is 37.8. The van der Waals surface area contributed by atoms with Crippen molar-refractivity contribution < 1.29 is 50.4 Å². The highest BCUT2D eigenvalue weighted by atomic mass is 79.9. The summed E-state index contributed by atoms with van der Waals surface area (Å²) >= 11 is 52.2. The van der Waals surface area contributed by atoms with Crippen molar-refractivity contribution in [2.75, 3.05) is 32.7 Å². The van der Waals surface area contributed by atoms with E-state index >= 15 is 0 Å². The van der Waals surface area contributed by atoms with Crippen LogP contribution in [0.3, 0.4) is 0 Å². The lowest BCUT2D eigenvalue weighted by atomic mass is 9.86. The lowest BCUT2D eigenvalue weighted by molar-refractivity contribution is -0.385. The largest absolute Gasteiger partial charge is 0.480 e. The number of carboxylic acids is 1. The third kappa shape index (κ3) is 21.9. The smallest absolute Gasteiger partial charge is 0.323 e. The van der Waals surface area contributed by atoms with Gasteiger partial charge in [0.1, 0.15) is 62.1 Å². The van der Waals surface area contributed by atoms with Crippen LogP contribution in [0.5, 0.6) is 0 Å². The fraction of sp³-hybridized carbons (Fsp3) is 0.364. The number of thiocarbonyl (C=S) groups is 1. The first-order valence-corrected chi connectivity index (χ1v) is 37.9. The first-order chi connectivity index (χ1) is 50.8. The van der Waals surface area contributed by atoms with Gasteiger partial charge in [-0.2, -0.15) is 0 Å². The van der Waals surface area contributed by atoms with Crippen molar-refractivity contribution in [3.8, 4) is 11.4 Å². The lowest BCUT2D eigenvalue weighted by Crippen LogP contribution is -2.45. The number of fused-ring (bicyclic) bond motifs is 8.